The third kappa shape index (κ3) is 1.45. The van der Waals surface area contributed by atoms with Gasteiger partial charge in [-0.25, -0.2) is 0 Å². The standard InChI is InChI=1S/C10H8O.Cu/c11-10-7-3-5-8-4-1-2-6-9(8)10;/h1-7,11H;. The molecule has 0 aliphatic carbocycles. The molecule has 0 saturated carbocycles. The van der Waals surface area contributed by atoms with Crippen molar-refractivity contribution in [1.82, 2.24) is 0 Å². The first-order valence-corrected chi connectivity index (χ1v) is 3.54. The third-order valence-electron chi connectivity index (χ3n) is 1.77. The van der Waals surface area contributed by atoms with Crippen LogP contribution in [0.4, 0.5) is 0 Å². The van der Waals surface area contributed by atoms with Crippen molar-refractivity contribution in [3.05, 3.63) is 42.5 Å². The minimum Gasteiger partial charge on any atom is -0.507 e. The second-order valence-corrected chi connectivity index (χ2v) is 2.50. The van der Waals surface area contributed by atoms with E-state index < -0.39 is 0 Å². The molecule has 1 radical (unpaired) electrons. The summed E-state index contributed by atoms with van der Waals surface area (Å²) in [7, 11) is 0. The molecule has 2 aromatic rings. The van der Waals surface area contributed by atoms with Gasteiger partial charge in [0.1, 0.15) is 5.75 Å². The molecule has 0 amide bonds. The zero-order valence-corrected chi connectivity index (χ0v) is 7.23. The van der Waals surface area contributed by atoms with Gasteiger partial charge in [0.05, 0.1) is 0 Å². The van der Waals surface area contributed by atoms with Crippen molar-refractivity contribution >= 4 is 10.8 Å². The van der Waals surface area contributed by atoms with Crippen LogP contribution >= 0.6 is 0 Å². The average molecular weight is 208 g/mol. The summed E-state index contributed by atoms with van der Waals surface area (Å²) in [5.74, 6) is 0.350. The minimum atomic E-state index is 0. The number of benzene rings is 2. The summed E-state index contributed by atoms with van der Waals surface area (Å²) in [5, 5.41) is 11.4. The topological polar surface area (TPSA) is 20.2 Å². The molecule has 0 aliphatic rings. The molecule has 0 spiro atoms. The maximum Gasteiger partial charge on any atom is 0.123 e. The fourth-order valence-electron chi connectivity index (χ4n) is 1.21. The Balaban J connectivity index is 0.000000720. The van der Waals surface area contributed by atoms with Gasteiger partial charge in [-0.1, -0.05) is 36.4 Å². The van der Waals surface area contributed by atoms with Crippen molar-refractivity contribution in [3.8, 4) is 5.75 Å². The van der Waals surface area contributed by atoms with Crippen LogP contribution in [0.15, 0.2) is 42.5 Å². The molecule has 65 valence electrons. The Morgan fingerprint density at radius 1 is 0.833 bits per heavy atom. The van der Waals surface area contributed by atoms with Gasteiger partial charge in [0.25, 0.3) is 0 Å². The first kappa shape index (κ1) is 9.11. The summed E-state index contributed by atoms with van der Waals surface area (Å²) in [4.78, 5) is 0. The summed E-state index contributed by atoms with van der Waals surface area (Å²) < 4.78 is 0. The van der Waals surface area contributed by atoms with Crippen molar-refractivity contribution in [1.29, 1.82) is 0 Å². The molecule has 0 heterocycles. The fraction of sp³-hybridized carbons (Fsp3) is 0. The quantitative estimate of drug-likeness (QED) is 0.659. The third-order valence-corrected chi connectivity index (χ3v) is 1.77. The van der Waals surface area contributed by atoms with Gasteiger partial charge in [-0.05, 0) is 11.5 Å². The van der Waals surface area contributed by atoms with Crippen LogP contribution in [0.3, 0.4) is 0 Å². The predicted molar refractivity (Wildman–Crippen MR) is 45.6 cm³/mol. The molecule has 12 heavy (non-hydrogen) atoms. The first-order valence-electron chi connectivity index (χ1n) is 3.54. The van der Waals surface area contributed by atoms with Gasteiger partial charge < -0.3 is 5.11 Å². The second kappa shape index (κ2) is 3.61. The number of phenols is 1. The molecule has 0 unspecified atom stereocenters. The van der Waals surface area contributed by atoms with Crippen molar-refractivity contribution in [3.63, 3.8) is 0 Å². The molecule has 0 fully saturated rings. The average Bonchev–Trinajstić information content (AvgIpc) is 2.06. The van der Waals surface area contributed by atoms with E-state index in [1.165, 1.54) is 0 Å². The van der Waals surface area contributed by atoms with Crippen LogP contribution in [0.5, 0.6) is 5.75 Å². The van der Waals surface area contributed by atoms with Crippen LogP contribution in [0.25, 0.3) is 10.8 Å². The molecular weight excluding hydrogens is 200 g/mol. The van der Waals surface area contributed by atoms with Crippen LogP contribution in [0.2, 0.25) is 0 Å². The Hall–Kier alpha value is -0.981. The van der Waals surface area contributed by atoms with Gasteiger partial charge in [0.2, 0.25) is 0 Å². The van der Waals surface area contributed by atoms with Crippen LogP contribution in [-0.2, 0) is 17.1 Å². The van der Waals surface area contributed by atoms with Crippen molar-refractivity contribution in [2.24, 2.45) is 0 Å². The Morgan fingerprint density at radius 2 is 1.50 bits per heavy atom. The molecule has 0 atom stereocenters. The fourth-order valence-corrected chi connectivity index (χ4v) is 1.21. The van der Waals surface area contributed by atoms with Gasteiger partial charge in [-0.2, -0.15) is 0 Å². The summed E-state index contributed by atoms with van der Waals surface area (Å²) >= 11 is 0. The van der Waals surface area contributed by atoms with E-state index >= 15 is 0 Å². The number of hydrogen-bond donors (Lipinski definition) is 1. The van der Waals surface area contributed by atoms with Gasteiger partial charge in [0, 0.05) is 22.5 Å². The molecule has 0 bridgehead atoms. The van der Waals surface area contributed by atoms with E-state index in [4.69, 9.17) is 0 Å². The number of fused-ring (bicyclic) bond motifs is 1. The summed E-state index contributed by atoms with van der Waals surface area (Å²) in [6.07, 6.45) is 0. The number of hydrogen-bond acceptors (Lipinski definition) is 1. The normalized spacial score (nSPS) is 9.33. The zero-order valence-electron chi connectivity index (χ0n) is 6.29. The van der Waals surface area contributed by atoms with E-state index in [0.29, 0.717) is 5.75 Å². The molecule has 0 aliphatic heterocycles. The molecule has 1 nitrogen and oxygen atoms in total. The molecule has 2 aromatic carbocycles. The van der Waals surface area contributed by atoms with Crippen LogP contribution in [-0.4, -0.2) is 5.11 Å². The van der Waals surface area contributed by atoms with Crippen LogP contribution in [0.1, 0.15) is 0 Å². The predicted octanol–water partition coefficient (Wildman–Crippen LogP) is 2.54. The van der Waals surface area contributed by atoms with E-state index in [-0.39, 0.29) is 17.1 Å². The smallest absolute Gasteiger partial charge is 0.123 e. The Bertz CT molecular complexity index is 379. The van der Waals surface area contributed by atoms with Crippen molar-refractivity contribution < 1.29 is 22.2 Å². The van der Waals surface area contributed by atoms with Crippen LogP contribution in [0, 0.1) is 0 Å². The molecule has 1 N–H and O–H groups in total. The molecule has 0 saturated heterocycles. The Morgan fingerprint density at radius 3 is 2.25 bits per heavy atom. The van der Waals surface area contributed by atoms with Gasteiger partial charge in [0.15, 0.2) is 0 Å². The van der Waals surface area contributed by atoms with Gasteiger partial charge >= 0.3 is 0 Å². The number of aromatic hydroxyl groups is 1. The second-order valence-electron chi connectivity index (χ2n) is 2.50. The molecule has 0 aromatic heterocycles. The molecular formula is C10H8CuO. The molecule has 2 heteroatoms. The van der Waals surface area contributed by atoms with Gasteiger partial charge in [-0.15, -0.1) is 0 Å². The van der Waals surface area contributed by atoms with E-state index in [0.717, 1.165) is 10.8 Å². The van der Waals surface area contributed by atoms with Crippen molar-refractivity contribution in [2.75, 3.05) is 0 Å². The monoisotopic (exact) mass is 207 g/mol. The van der Waals surface area contributed by atoms with Crippen molar-refractivity contribution in [2.45, 2.75) is 0 Å². The maximum atomic E-state index is 9.37. The summed E-state index contributed by atoms with van der Waals surface area (Å²) in [6.45, 7) is 0. The minimum absolute atomic E-state index is 0. The zero-order chi connectivity index (χ0) is 7.68. The molecule has 2 rings (SSSR count). The Labute approximate surface area is 81.5 Å². The van der Waals surface area contributed by atoms with E-state index in [9.17, 15) is 5.11 Å². The maximum absolute atomic E-state index is 9.37. The SMILES string of the molecule is Oc1cccc2ccccc12.[Cu]. The summed E-state index contributed by atoms with van der Waals surface area (Å²) in [6, 6.07) is 13.3. The Kier molecular flexibility index (Phi) is 2.74. The number of rotatable bonds is 0. The summed E-state index contributed by atoms with van der Waals surface area (Å²) in [5.41, 5.74) is 0. The van der Waals surface area contributed by atoms with E-state index in [2.05, 4.69) is 0 Å². The largest absolute Gasteiger partial charge is 0.507 e. The first-order chi connectivity index (χ1) is 5.38. The van der Waals surface area contributed by atoms with Crippen LogP contribution < -0.4 is 0 Å². The van der Waals surface area contributed by atoms with E-state index in [1.807, 2.05) is 36.4 Å². The number of phenolic OH excluding ortho intramolecular Hbond substituents is 1. The van der Waals surface area contributed by atoms with E-state index in [1.54, 1.807) is 6.07 Å². The van der Waals surface area contributed by atoms with Gasteiger partial charge in [-0.3, -0.25) is 0 Å².